The minimum Gasteiger partial charge on any atom is -0.481 e. The highest BCUT2D eigenvalue weighted by atomic mass is 16.4. The Balaban J connectivity index is 0. The van der Waals surface area contributed by atoms with Crippen molar-refractivity contribution in [3.05, 3.63) is 0 Å². The number of carboxylic acids is 1. The van der Waals surface area contributed by atoms with E-state index in [1.165, 1.54) is 0 Å². The van der Waals surface area contributed by atoms with Gasteiger partial charge in [-0.3, -0.25) is 4.79 Å². The monoisotopic (exact) mass is 176 g/mol. The SMILES string of the molecule is CC(C)(C)N.NCCCC(=O)O. The van der Waals surface area contributed by atoms with Crippen molar-refractivity contribution in [2.45, 2.75) is 39.2 Å². The number of carbonyl (C=O) groups is 1. The first-order chi connectivity index (χ1) is 5.27. The molecule has 0 unspecified atom stereocenters. The van der Waals surface area contributed by atoms with Gasteiger partial charge in [0.1, 0.15) is 0 Å². The number of rotatable bonds is 3. The lowest BCUT2D eigenvalue weighted by Gasteiger charge is -2.06. The Hall–Kier alpha value is -0.610. The quantitative estimate of drug-likeness (QED) is 0.586. The van der Waals surface area contributed by atoms with E-state index in [1.807, 2.05) is 20.8 Å². The maximum Gasteiger partial charge on any atom is 0.303 e. The number of hydrogen-bond acceptors (Lipinski definition) is 3. The van der Waals surface area contributed by atoms with Crippen molar-refractivity contribution in [1.29, 1.82) is 0 Å². The van der Waals surface area contributed by atoms with Gasteiger partial charge in [0.05, 0.1) is 0 Å². The van der Waals surface area contributed by atoms with Crippen LogP contribution in [0.2, 0.25) is 0 Å². The number of hydrogen-bond donors (Lipinski definition) is 3. The largest absolute Gasteiger partial charge is 0.481 e. The van der Waals surface area contributed by atoms with E-state index in [1.54, 1.807) is 0 Å². The molecule has 0 aromatic carbocycles. The molecule has 0 aliphatic carbocycles. The molecular formula is C8H20N2O2. The van der Waals surface area contributed by atoms with Gasteiger partial charge in [-0.2, -0.15) is 0 Å². The Bertz CT molecular complexity index is 113. The zero-order valence-electron chi connectivity index (χ0n) is 8.13. The second-order valence-electron chi connectivity index (χ2n) is 3.65. The van der Waals surface area contributed by atoms with Gasteiger partial charge in [-0.05, 0) is 33.7 Å². The lowest BCUT2D eigenvalue weighted by atomic mass is 10.1. The third-order valence-electron chi connectivity index (χ3n) is 0.595. The van der Waals surface area contributed by atoms with Crippen molar-refractivity contribution < 1.29 is 9.90 Å². The van der Waals surface area contributed by atoms with Crippen LogP contribution in [0.15, 0.2) is 0 Å². The summed E-state index contributed by atoms with van der Waals surface area (Å²) >= 11 is 0. The standard InChI is InChI=1S/C4H9NO2.C4H11N/c5-3-1-2-4(6)7;1-4(2,3)5/h1-3,5H2,(H,6,7);5H2,1-3H3. The minimum atomic E-state index is -0.773. The van der Waals surface area contributed by atoms with Crippen LogP contribution in [0.1, 0.15) is 33.6 Å². The summed E-state index contributed by atoms with van der Waals surface area (Å²) in [7, 11) is 0. The molecule has 0 aromatic rings. The van der Waals surface area contributed by atoms with Crippen LogP contribution in [0.5, 0.6) is 0 Å². The molecule has 74 valence electrons. The van der Waals surface area contributed by atoms with Gasteiger partial charge in [-0.15, -0.1) is 0 Å². The molecule has 0 aliphatic rings. The molecule has 0 fully saturated rings. The molecule has 0 atom stereocenters. The fourth-order valence-corrected chi connectivity index (χ4v) is 0.253. The van der Waals surface area contributed by atoms with E-state index in [9.17, 15) is 4.79 Å². The molecule has 0 saturated heterocycles. The maximum absolute atomic E-state index is 9.70. The Kier molecular flexibility index (Phi) is 8.21. The average Bonchev–Trinajstić information content (AvgIpc) is 1.79. The number of aliphatic carboxylic acids is 1. The van der Waals surface area contributed by atoms with Crippen LogP contribution < -0.4 is 11.5 Å². The van der Waals surface area contributed by atoms with Crippen molar-refractivity contribution in [2.75, 3.05) is 6.54 Å². The van der Waals surface area contributed by atoms with Crippen LogP contribution in [-0.2, 0) is 4.79 Å². The van der Waals surface area contributed by atoms with Crippen LogP contribution >= 0.6 is 0 Å². The van der Waals surface area contributed by atoms with Gasteiger partial charge in [0.25, 0.3) is 0 Å². The van der Waals surface area contributed by atoms with E-state index >= 15 is 0 Å². The topological polar surface area (TPSA) is 89.3 Å². The average molecular weight is 176 g/mol. The number of carboxylic acid groups (broad SMARTS) is 1. The first kappa shape index (κ1) is 13.9. The van der Waals surface area contributed by atoms with Gasteiger partial charge in [0, 0.05) is 12.0 Å². The Morgan fingerprint density at radius 3 is 1.83 bits per heavy atom. The van der Waals surface area contributed by atoms with E-state index in [0.717, 1.165) is 0 Å². The van der Waals surface area contributed by atoms with Crippen molar-refractivity contribution in [3.8, 4) is 0 Å². The van der Waals surface area contributed by atoms with E-state index in [2.05, 4.69) is 0 Å². The zero-order valence-corrected chi connectivity index (χ0v) is 8.13. The summed E-state index contributed by atoms with van der Waals surface area (Å²) in [5.41, 5.74) is 10.4. The highest BCUT2D eigenvalue weighted by Gasteiger charge is 1.95. The Morgan fingerprint density at radius 2 is 1.75 bits per heavy atom. The molecule has 0 bridgehead atoms. The summed E-state index contributed by atoms with van der Waals surface area (Å²) < 4.78 is 0. The first-order valence-electron chi connectivity index (χ1n) is 3.98. The summed E-state index contributed by atoms with van der Waals surface area (Å²) in [6, 6.07) is 0. The third-order valence-corrected chi connectivity index (χ3v) is 0.595. The van der Waals surface area contributed by atoms with Crippen molar-refractivity contribution in [2.24, 2.45) is 11.5 Å². The van der Waals surface area contributed by atoms with E-state index in [-0.39, 0.29) is 12.0 Å². The van der Waals surface area contributed by atoms with Gasteiger partial charge in [-0.1, -0.05) is 0 Å². The van der Waals surface area contributed by atoms with E-state index in [0.29, 0.717) is 13.0 Å². The molecule has 0 aromatic heterocycles. The molecule has 0 radical (unpaired) electrons. The van der Waals surface area contributed by atoms with Crippen LogP contribution in [0, 0.1) is 0 Å². The summed E-state index contributed by atoms with van der Waals surface area (Å²) in [6.45, 7) is 6.36. The third kappa shape index (κ3) is 57.5. The van der Waals surface area contributed by atoms with Crippen LogP contribution in [0.4, 0.5) is 0 Å². The first-order valence-corrected chi connectivity index (χ1v) is 3.98. The fraction of sp³-hybridized carbons (Fsp3) is 0.875. The van der Waals surface area contributed by atoms with Gasteiger partial charge in [0.2, 0.25) is 0 Å². The van der Waals surface area contributed by atoms with Crippen molar-refractivity contribution in [3.63, 3.8) is 0 Å². The van der Waals surface area contributed by atoms with Crippen LogP contribution in [0.25, 0.3) is 0 Å². The second-order valence-corrected chi connectivity index (χ2v) is 3.65. The lowest BCUT2D eigenvalue weighted by Crippen LogP contribution is -2.26. The molecule has 0 rings (SSSR count). The summed E-state index contributed by atoms with van der Waals surface area (Å²) in [5.74, 6) is -0.773. The van der Waals surface area contributed by atoms with Gasteiger partial charge in [-0.25, -0.2) is 0 Å². The normalized spacial score (nSPS) is 10.1. The predicted octanol–water partition coefficient (Wildman–Crippen LogP) is 0.554. The molecule has 0 aliphatic heterocycles. The molecular weight excluding hydrogens is 156 g/mol. The molecule has 0 spiro atoms. The summed E-state index contributed by atoms with van der Waals surface area (Å²) in [5, 5.41) is 7.99. The second kappa shape index (κ2) is 7.06. The molecule has 0 saturated carbocycles. The molecule has 4 heteroatoms. The fourth-order valence-electron chi connectivity index (χ4n) is 0.253. The maximum atomic E-state index is 9.70. The molecule has 12 heavy (non-hydrogen) atoms. The van der Waals surface area contributed by atoms with Crippen LogP contribution in [0.3, 0.4) is 0 Å². The molecule has 0 amide bonds. The lowest BCUT2D eigenvalue weighted by molar-refractivity contribution is -0.137. The van der Waals surface area contributed by atoms with E-state index in [4.69, 9.17) is 16.6 Å². The molecule has 5 N–H and O–H groups in total. The van der Waals surface area contributed by atoms with Gasteiger partial charge in [0.15, 0.2) is 0 Å². The van der Waals surface area contributed by atoms with Gasteiger partial charge < -0.3 is 16.6 Å². The highest BCUT2D eigenvalue weighted by Crippen LogP contribution is 1.88. The van der Waals surface area contributed by atoms with E-state index < -0.39 is 5.97 Å². The smallest absolute Gasteiger partial charge is 0.303 e. The van der Waals surface area contributed by atoms with Crippen molar-refractivity contribution >= 4 is 5.97 Å². The predicted molar refractivity (Wildman–Crippen MR) is 49.9 cm³/mol. The highest BCUT2D eigenvalue weighted by molar-refractivity contribution is 5.66. The Labute approximate surface area is 73.9 Å². The summed E-state index contributed by atoms with van der Waals surface area (Å²) in [4.78, 5) is 9.70. The van der Waals surface area contributed by atoms with Crippen LogP contribution in [-0.4, -0.2) is 23.2 Å². The summed E-state index contributed by atoms with van der Waals surface area (Å²) in [6.07, 6.45) is 0.770. The number of nitrogens with two attached hydrogens (primary N) is 2. The van der Waals surface area contributed by atoms with Crippen molar-refractivity contribution in [1.82, 2.24) is 0 Å². The Morgan fingerprint density at radius 1 is 1.42 bits per heavy atom. The zero-order chi connectivity index (χ0) is 10.2. The minimum absolute atomic E-state index is 0. The molecule has 4 nitrogen and oxygen atoms in total. The molecule has 0 heterocycles. The van der Waals surface area contributed by atoms with Gasteiger partial charge >= 0.3 is 5.97 Å².